The standard InChI is InChI=1S/C18H21N3O4S2/c1-13-4-6-15(7-5-13)18-12-17(19-21(18)27(3,24)25)14-8-10-16(11-9-14)20-26(2,22)23/h4-11,18,20H,12H2,1-3H3/t18-/m1/s1. The molecule has 1 heterocycles. The first-order valence-corrected chi connectivity index (χ1v) is 12.0. The first kappa shape index (κ1) is 19.4. The summed E-state index contributed by atoms with van der Waals surface area (Å²) in [7, 11) is -6.88. The Hall–Kier alpha value is -2.39. The molecule has 144 valence electrons. The van der Waals surface area contributed by atoms with Gasteiger partial charge in [-0.15, -0.1) is 0 Å². The summed E-state index contributed by atoms with van der Waals surface area (Å²) in [5.41, 5.74) is 3.79. The number of sulfonamides is 2. The lowest BCUT2D eigenvalue weighted by Crippen LogP contribution is -2.25. The summed E-state index contributed by atoms with van der Waals surface area (Å²) >= 11 is 0. The average molecular weight is 408 g/mol. The normalized spacial score (nSPS) is 17.7. The van der Waals surface area contributed by atoms with Gasteiger partial charge in [-0.05, 0) is 30.2 Å². The summed E-state index contributed by atoms with van der Waals surface area (Å²) < 4.78 is 50.6. The molecule has 1 aliphatic rings. The van der Waals surface area contributed by atoms with Gasteiger partial charge in [0.15, 0.2) is 0 Å². The zero-order valence-corrected chi connectivity index (χ0v) is 16.9. The minimum Gasteiger partial charge on any atom is -0.284 e. The van der Waals surface area contributed by atoms with E-state index in [4.69, 9.17) is 0 Å². The van der Waals surface area contributed by atoms with Gasteiger partial charge in [-0.3, -0.25) is 4.72 Å². The first-order valence-electron chi connectivity index (χ1n) is 8.24. The predicted molar refractivity (Wildman–Crippen MR) is 107 cm³/mol. The van der Waals surface area contributed by atoms with E-state index in [1.807, 2.05) is 31.2 Å². The largest absolute Gasteiger partial charge is 0.284 e. The Morgan fingerprint density at radius 3 is 2.07 bits per heavy atom. The Morgan fingerprint density at radius 1 is 0.963 bits per heavy atom. The minimum absolute atomic E-state index is 0.399. The molecule has 0 aliphatic carbocycles. The lowest BCUT2D eigenvalue weighted by atomic mass is 9.98. The maximum atomic E-state index is 12.2. The molecule has 1 atom stereocenters. The van der Waals surface area contributed by atoms with E-state index in [2.05, 4.69) is 9.82 Å². The molecule has 0 fully saturated rings. The molecule has 0 amide bonds. The number of rotatable bonds is 5. The number of hydrogen-bond acceptors (Lipinski definition) is 5. The van der Waals surface area contributed by atoms with Crippen LogP contribution in [0.3, 0.4) is 0 Å². The van der Waals surface area contributed by atoms with Crippen molar-refractivity contribution in [1.29, 1.82) is 0 Å². The summed E-state index contributed by atoms with van der Waals surface area (Å²) in [6, 6.07) is 14.0. The van der Waals surface area contributed by atoms with Gasteiger partial charge in [0, 0.05) is 12.1 Å². The van der Waals surface area contributed by atoms with E-state index in [0.29, 0.717) is 17.8 Å². The molecule has 0 unspecified atom stereocenters. The molecule has 0 bridgehead atoms. The molecule has 0 saturated carbocycles. The van der Waals surface area contributed by atoms with Crippen LogP contribution in [-0.2, 0) is 20.0 Å². The third-order valence-corrected chi connectivity index (χ3v) is 5.82. The molecular formula is C18H21N3O4S2. The van der Waals surface area contributed by atoms with E-state index in [1.165, 1.54) is 0 Å². The van der Waals surface area contributed by atoms with E-state index in [0.717, 1.165) is 33.6 Å². The molecule has 27 heavy (non-hydrogen) atoms. The Kier molecular flexibility index (Phi) is 5.00. The summed E-state index contributed by atoms with van der Waals surface area (Å²) in [5.74, 6) is 0. The van der Waals surface area contributed by atoms with Gasteiger partial charge >= 0.3 is 0 Å². The van der Waals surface area contributed by atoms with E-state index < -0.39 is 26.1 Å². The quantitative estimate of drug-likeness (QED) is 0.824. The third-order valence-electron chi connectivity index (χ3n) is 4.20. The van der Waals surface area contributed by atoms with Crippen molar-refractivity contribution in [3.63, 3.8) is 0 Å². The lowest BCUT2D eigenvalue weighted by molar-refractivity contribution is 0.375. The van der Waals surface area contributed by atoms with Gasteiger partial charge in [0.1, 0.15) is 0 Å². The van der Waals surface area contributed by atoms with Crippen LogP contribution in [0.15, 0.2) is 53.6 Å². The number of anilines is 1. The second-order valence-electron chi connectivity index (χ2n) is 6.66. The van der Waals surface area contributed by atoms with Gasteiger partial charge < -0.3 is 0 Å². The van der Waals surface area contributed by atoms with Crippen LogP contribution in [0.5, 0.6) is 0 Å². The Bertz CT molecular complexity index is 1070. The van der Waals surface area contributed by atoms with Crippen molar-refractivity contribution in [1.82, 2.24) is 4.41 Å². The van der Waals surface area contributed by atoms with E-state index in [1.54, 1.807) is 24.3 Å². The monoisotopic (exact) mass is 407 g/mol. The molecule has 7 nitrogen and oxygen atoms in total. The number of aryl methyl sites for hydroxylation is 1. The van der Waals surface area contributed by atoms with Crippen LogP contribution in [0.1, 0.15) is 29.2 Å². The van der Waals surface area contributed by atoms with Crippen LogP contribution < -0.4 is 4.72 Å². The topological polar surface area (TPSA) is 95.9 Å². The Balaban J connectivity index is 1.91. The maximum absolute atomic E-state index is 12.2. The van der Waals surface area contributed by atoms with Crippen LogP contribution in [0.4, 0.5) is 5.69 Å². The molecule has 0 radical (unpaired) electrons. The summed E-state index contributed by atoms with van der Waals surface area (Å²) in [6.45, 7) is 1.97. The second kappa shape index (κ2) is 6.97. The molecule has 1 N–H and O–H groups in total. The zero-order chi connectivity index (χ0) is 19.8. The van der Waals surface area contributed by atoms with Gasteiger partial charge in [-0.2, -0.15) is 9.52 Å². The fraction of sp³-hybridized carbons (Fsp3) is 0.278. The van der Waals surface area contributed by atoms with Crippen LogP contribution >= 0.6 is 0 Å². The van der Waals surface area contributed by atoms with E-state index in [9.17, 15) is 16.8 Å². The summed E-state index contributed by atoms with van der Waals surface area (Å²) in [5, 5.41) is 4.34. The molecule has 9 heteroatoms. The smallest absolute Gasteiger partial charge is 0.247 e. The number of benzene rings is 2. The molecule has 2 aromatic carbocycles. The highest BCUT2D eigenvalue weighted by Crippen LogP contribution is 2.34. The van der Waals surface area contributed by atoms with Gasteiger partial charge in [0.2, 0.25) is 20.0 Å². The third kappa shape index (κ3) is 4.67. The molecular weight excluding hydrogens is 386 g/mol. The average Bonchev–Trinajstić information content (AvgIpc) is 3.00. The number of nitrogens with zero attached hydrogens (tertiary/aromatic N) is 2. The van der Waals surface area contributed by atoms with Crippen molar-refractivity contribution in [2.24, 2.45) is 5.10 Å². The van der Waals surface area contributed by atoms with Gasteiger partial charge in [0.05, 0.1) is 24.3 Å². The molecule has 1 aliphatic heterocycles. The van der Waals surface area contributed by atoms with E-state index >= 15 is 0 Å². The SMILES string of the molecule is Cc1ccc([C@H]2CC(c3ccc(NS(C)(=O)=O)cc3)=NN2S(C)(=O)=O)cc1. The molecule has 2 aromatic rings. The van der Waals surface area contributed by atoms with Crippen LogP contribution in [0, 0.1) is 6.92 Å². The highest BCUT2D eigenvalue weighted by Gasteiger charge is 2.34. The fourth-order valence-electron chi connectivity index (χ4n) is 2.95. The highest BCUT2D eigenvalue weighted by molar-refractivity contribution is 7.92. The van der Waals surface area contributed by atoms with Crippen LogP contribution in [-0.4, -0.2) is 39.5 Å². The first-order chi connectivity index (χ1) is 12.5. The Morgan fingerprint density at radius 2 is 1.56 bits per heavy atom. The van der Waals surface area contributed by atoms with Crippen molar-refractivity contribution in [2.75, 3.05) is 17.2 Å². The van der Waals surface area contributed by atoms with E-state index in [-0.39, 0.29) is 0 Å². The minimum atomic E-state index is -3.53. The number of nitrogens with one attached hydrogen (secondary N) is 1. The van der Waals surface area contributed by atoms with Crippen molar-refractivity contribution in [3.05, 3.63) is 65.2 Å². The predicted octanol–water partition coefficient (Wildman–Crippen LogP) is 2.48. The van der Waals surface area contributed by atoms with Crippen molar-refractivity contribution < 1.29 is 16.8 Å². The molecule has 0 saturated heterocycles. The Labute approximate surface area is 159 Å². The number of hydrazone groups is 1. The van der Waals surface area contributed by atoms with Crippen molar-refractivity contribution in [2.45, 2.75) is 19.4 Å². The summed E-state index contributed by atoms with van der Waals surface area (Å²) in [4.78, 5) is 0. The van der Waals surface area contributed by atoms with Gasteiger partial charge in [-0.25, -0.2) is 16.8 Å². The fourth-order valence-corrected chi connectivity index (χ4v) is 4.42. The second-order valence-corrected chi connectivity index (χ2v) is 10.3. The number of hydrogen-bond donors (Lipinski definition) is 1. The summed E-state index contributed by atoms with van der Waals surface area (Å²) in [6.07, 6.45) is 2.66. The van der Waals surface area contributed by atoms with Crippen molar-refractivity contribution >= 4 is 31.4 Å². The molecule has 0 aromatic heterocycles. The van der Waals surface area contributed by atoms with Gasteiger partial charge in [-0.1, -0.05) is 42.0 Å². The van der Waals surface area contributed by atoms with Gasteiger partial charge in [0.25, 0.3) is 0 Å². The van der Waals surface area contributed by atoms with Crippen LogP contribution in [0.25, 0.3) is 0 Å². The maximum Gasteiger partial charge on any atom is 0.247 e. The lowest BCUT2D eigenvalue weighted by Gasteiger charge is -2.21. The zero-order valence-electron chi connectivity index (χ0n) is 15.2. The molecule has 0 spiro atoms. The molecule has 3 rings (SSSR count). The highest BCUT2D eigenvalue weighted by atomic mass is 32.2. The van der Waals surface area contributed by atoms with Crippen LogP contribution in [0.2, 0.25) is 0 Å². The van der Waals surface area contributed by atoms with Crippen molar-refractivity contribution in [3.8, 4) is 0 Å².